The van der Waals surface area contributed by atoms with Crippen LogP contribution in [0.3, 0.4) is 0 Å². The van der Waals surface area contributed by atoms with Crippen molar-refractivity contribution >= 4 is 21.4 Å². The van der Waals surface area contributed by atoms with Gasteiger partial charge in [0.05, 0.1) is 16.2 Å². The standard InChI is InChI=1S/C18H9ClF6N2O2S/c1-8-14(9-2-4-11(5-3-9)30(28,29)18(23,24)25)16(17(19)27-26-8)15-12(21)6-10(20)7-13(15)22/h2-7H,1H3. The predicted molar refractivity (Wildman–Crippen MR) is 95.8 cm³/mol. The molecule has 4 nitrogen and oxygen atoms in total. The van der Waals surface area contributed by atoms with Crippen LogP contribution in [0.4, 0.5) is 26.3 Å². The van der Waals surface area contributed by atoms with E-state index in [1.165, 1.54) is 6.92 Å². The second-order valence-corrected chi connectivity index (χ2v) is 8.34. The molecule has 0 bridgehead atoms. The maximum absolute atomic E-state index is 14.4. The van der Waals surface area contributed by atoms with Crippen molar-refractivity contribution in [3.05, 3.63) is 64.7 Å². The lowest BCUT2D eigenvalue weighted by atomic mass is 9.94. The third kappa shape index (κ3) is 3.74. The molecule has 12 heteroatoms. The minimum Gasteiger partial charge on any atom is -0.214 e. The average Bonchev–Trinajstić information content (AvgIpc) is 2.63. The lowest BCUT2D eigenvalue weighted by Crippen LogP contribution is -2.23. The molecule has 0 aliphatic rings. The van der Waals surface area contributed by atoms with E-state index >= 15 is 0 Å². The first-order chi connectivity index (χ1) is 13.8. The highest BCUT2D eigenvalue weighted by atomic mass is 35.5. The van der Waals surface area contributed by atoms with E-state index in [1.54, 1.807) is 0 Å². The van der Waals surface area contributed by atoms with Crippen molar-refractivity contribution in [1.82, 2.24) is 10.2 Å². The molecule has 0 amide bonds. The van der Waals surface area contributed by atoms with Gasteiger partial charge in [0.2, 0.25) is 0 Å². The fourth-order valence-electron chi connectivity index (χ4n) is 2.80. The van der Waals surface area contributed by atoms with Gasteiger partial charge < -0.3 is 0 Å². The quantitative estimate of drug-likeness (QED) is 0.479. The fraction of sp³-hybridized carbons (Fsp3) is 0.111. The molecule has 0 aliphatic carbocycles. The monoisotopic (exact) mass is 466 g/mol. The van der Waals surface area contributed by atoms with Crippen LogP contribution in [0.5, 0.6) is 0 Å². The maximum atomic E-state index is 14.4. The summed E-state index contributed by atoms with van der Waals surface area (Å²) in [5, 5.41) is 6.86. The molecule has 3 rings (SSSR count). The number of nitrogens with zero attached hydrogens (tertiary/aromatic N) is 2. The van der Waals surface area contributed by atoms with Crippen molar-refractivity contribution in [3.63, 3.8) is 0 Å². The summed E-state index contributed by atoms with van der Waals surface area (Å²) in [6.07, 6.45) is 0. The Morgan fingerprint density at radius 3 is 1.90 bits per heavy atom. The summed E-state index contributed by atoms with van der Waals surface area (Å²) < 4.78 is 103. The largest absolute Gasteiger partial charge is 0.501 e. The van der Waals surface area contributed by atoms with Crippen LogP contribution in [0.1, 0.15) is 5.69 Å². The summed E-state index contributed by atoms with van der Waals surface area (Å²) in [5.74, 6) is -3.76. The molecule has 0 N–H and O–H groups in total. The smallest absolute Gasteiger partial charge is 0.214 e. The Hall–Kier alpha value is -2.66. The molecule has 0 unspecified atom stereocenters. The fourth-order valence-corrected chi connectivity index (χ4v) is 3.79. The lowest BCUT2D eigenvalue weighted by molar-refractivity contribution is -0.0436. The van der Waals surface area contributed by atoms with E-state index in [0.29, 0.717) is 24.3 Å². The van der Waals surface area contributed by atoms with Gasteiger partial charge >= 0.3 is 5.51 Å². The molecule has 3 aromatic rings. The van der Waals surface area contributed by atoms with Crippen LogP contribution in [0.2, 0.25) is 5.15 Å². The molecule has 0 fully saturated rings. The molecule has 0 saturated heterocycles. The average molecular weight is 467 g/mol. The number of hydrogen-bond acceptors (Lipinski definition) is 4. The molecule has 0 saturated carbocycles. The molecule has 2 aromatic carbocycles. The van der Waals surface area contributed by atoms with Crippen LogP contribution in [-0.2, 0) is 9.84 Å². The van der Waals surface area contributed by atoms with Crippen molar-refractivity contribution in [2.45, 2.75) is 17.3 Å². The molecule has 1 aromatic heterocycles. The van der Waals surface area contributed by atoms with E-state index in [0.717, 1.165) is 12.1 Å². The number of hydrogen-bond donors (Lipinski definition) is 0. The van der Waals surface area contributed by atoms with Crippen molar-refractivity contribution in [1.29, 1.82) is 0 Å². The maximum Gasteiger partial charge on any atom is 0.501 e. The van der Waals surface area contributed by atoms with Crippen LogP contribution in [0.15, 0.2) is 41.3 Å². The minimum absolute atomic E-state index is 0.0182. The van der Waals surface area contributed by atoms with Gasteiger partial charge in [0.25, 0.3) is 9.84 Å². The Balaban J connectivity index is 2.26. The first-order valence-electron chi connectivity index (χ1n) is 7.94. The van der Waals surface area contributed by atoms with E-state index in [2.05, 4.69) is 10.2 Å². The number of halogens is 7. The summed E-state index contributed by atoms with van der Waals surface area (Å²) in [7, 11) is -5.59. The highest BCUT2D eigenvalue weighted by Crippen LogP contribution is 2.41. The first kappa shape index (κ1) is 22.0. The molecular weight excluding hydrogens is 458 g/mol. The van der Waals surface area contributed by atoms with E-state index in [-0.39, 0.29) is 22.4 Å². The Bertz CT molecular complexity index is 1220. The third-order valence-corrected chi connectivity index (χ3v) is 5.89. The molecule has 0 atom stereocenters. The van der Waals surface area contributed by atoms with Gasteiger partial charge in [0.1, 0.15) is 17.5 Å². The summed E-state index contributed by atoms with van der Waals surface area (Å²) in [6, 6.07) is 4.23. The third-order valence-electron chi connectivity index (χ3n) is 4.12. The first-order valence-corrected chi connectivity index (χ1v) is 9.80. The molecule has 30 heavy (non-hydrogen) atoms. The topological polar surface area (TPSA) is 59.9 Å². The second-order valence-electron chi connectivity index (χ2n) is 6.04. The molecule has 0 aliphatic heterocycles. The van der Waals surface area contributed by atoms with E-state index in [9.17, 15) is 34.8 Å². The summed E-state index contributed by atoms with van der Waals surface area (Å²) >= 11 is 5.99. The van der Waals surface area contributed by atoms with Gasteiger partial charge in [-0.15, -0.1) is 5.10 Å². The van der Waals surface area contributed by atoms with Gasteiger partial charge in [-0.25, -0.2) is 21.6 Å². The van der Waals surface area contributed by atoms with Crippen LogP contribution in [0, 0.1) is 24.4 Å². The predicted octanol–water partition coefficient (Wildman–Crippen LogP) is 5.48. The van der Waals surface area contributed by atoms with Gasteiger partial charge in [-0.3, -0.25) is 0 Å². The summed E-state index contributed by atoms with van der Waals surface area (Å²) in [6.45, 7) is 1.39. The number of aryl methyl sites for hydroxylation is 1. The Morgan fingerprint density at radius 1 is 0.867 bits per heavy atom. The highest BCUT2D eigenvalue weighted by molar-refractivity contribution is 7.92. The zero-order valence-corrected chi connectivity index (χ0v) is 16.3. The highest BCUT2D eigenvalue weighted by Gasteiger charge is 2.46. The van der Waals surface area contributed by atoms with Crippen molar-refractivity contribution in [3.8, 4) is 22.3 Å². The van der Waals surface area contributed by atoms with Gasteiger partial charge in [-0.1, -0.05) is 23.7 Å². The number of sulfone groups is 1. The minimum atomic E-state index is -5.59. The lowest BCUT2D eigenvalue weighted by Gasteiger charge is -2.15. The van der Waals surface area contributed by atoms with Crippen LogP contribution >= 0.6 is 11.6 Å². The Labute approximate surface area is 171 Å². The SMILES string of the molecule is Cc1nnc(Cl)c(-c2c(F)cc(F)cc2F)c1-c1ccc(S(=O)(=O)C(F)(F)F)cc1. The number of aromatic nitrogens is 2. The molecule has 0 spiro atoms. The van der Waals surface area contributed by atoms with Gasteiger partial charge in [0.15, 0.2) is 5.15 Å². The van der Waals surface area contributed by atoms with E-state index in [4.69, 9.17) is 11.6 Å². The van der Waals surface area contributed by atoms with Crippen LogP contribution < -0.4 is 0 Å². The van der Waals surface area contributed by atoms with Gasteiger partial charge in [-0.2, -0.15) is 18.3 Å². The van der Waals surface area contributed by atoms with Gasteiger partial charge in [-0.05, 0) is 24.6 Å². The number of benzene rings is 2. The normalized spacial score (nSPS) is 12.3. The van der Waals surface area contributed by atoms with Crippen molar-refractivity contribution < 1.29 is 34.8 Å². The molecular formula is C18H9ClF6N2O2S. The summed E-state index contributed by atoms with van der Waals surface area (Å²) in [5.41, 5.74) is -6.41. The zero-order valence-electron chi connectivity index (χ0n) is 14.7. The van der Waals surface area contributed by atoms with Crippen LogP contribution in [-0.4, -0.2) is 24.1 Å². The van der Waals surface area contributed by atoms with Crippen LogP contribution in [0.25, 0.3) is 22.3 Å². The summed E-state index contributed by atoms with van der Waals surface area (Å²) in [4.78, 5) is -1.02. The van der Waals surface area contributed by atoms with Gasteiger partial charge in [0, 0.05) is 23.3 Å². The zero-order chi connectivity index (χ0) is 22.4. The molecule has 0 radical (unpaired) electrons. The van der Waals surface area contributed by atoms with E-state index in [1.807, 2.05) is 0 Å². The molecule has 158 valence electrons. The van der Waals surface area contributed by atoms with Crippen molar-refractivity contribution in [2.24, 2.45) is 0 Å². The van der Waals surface area contributed by atoms with Crippen molar-refractivity contribution in [2.75, 3.05) is 0 Å². The Kier molecular flexibility index (Phi) is 5.54. The Morgan fingerprint density at radius 2 is 1.40 bits per heavy atom. The molecule has 1 heterocycles. The number of rotatable bonds is 3. The second kappa shape index (κ2) is 7.55. The number of alkyl halides is 3. The van der Waals surface area contributed by atoms with E-state index < -0.39 is 48.4 Å².